The monoisotopic (exact) mass is 354 g/mol. The molecule has 1 aromatic heterocycles. The molecule has 0 N–H and O–H groups in total. The minimum absolute atomic E-state index is 0.0000478. The van der Waals surface area contributed by atoms with E-state index in [9.17, 15) is 26.7 Å². The van der Waals surface area contributed by atoms with Crippen LogP contribution in [0.5, 0.6) is 0 Å². The van der Waals surface area contributed by atoms with Gasteiger partial charge in [0.1, 0.15) is 11.4 Å². The van der Waals surface area contributed by atoms with Crippen LogP contribution in [-0.4, -0.2) is 28.5 Å². The molecule has 1 heterocycles. The van der Waals surface area contributed by atoms with E-state index in [1.54, 1.807) is 6.92 Å². The fourth-order valence-corrected chi connectivity index (χ4v) is 3.00. The molecule has 2 rings (SSSR count). The molecule has 0 aromatic carbocycles. The van der Waals surface area contributed by atoms with Crippen molar-refractivity contribution in [2.24, 2.45) is 11.8 Å². The van der Waals surface area contributed by atoms with Crippen molar-refractivity contribution in [3.05, 3.63) is 17.0 Å². The van der Waals surface area contributed by atoms with Crippen molar-refractivity contribution in [1.82, 2.24) is 9.78 Å². The van der Waals surface area contributed by atoms with Gasteiger partial charge >= 0.3 is 12.1 Å². The van der Waals surface area contributed by atoms with Gasteiger partial charge in [-0.05, 0) is 32.6 Å². The molecule has 1 fully saturated rings. The molecule has 0 spiro atoms. The largest absolute Gasteiger partial charge is 0.461 e. The second-order valence-corrected chi connectivity index (χ2v) is 6.10. The SMILES string of the molecule is CCOC(=O)c1c(C)c(C(C)(F)F)nn1CC1CCC1C(F)(F)F. The van der Waals surface area contributed by atoms with Gasteiger partial charge in [-0.15, -0.1) is 0 Å². The van der Waals surface area contributed by atoms with Crippen LogP contribution in [0.15, 0.2) is 0 Å². The molecular formula is C15H19F5N2O2. The van der Waals surface area contributed by atoms with Gasteiger partial charge in [0.05, 0.1) is 12.5 Å². The fourth-order valence-electron chi connectivity index (χ4n) is 3.00. The van der Waals surface area contributed by atoms with Crippen LogP contribution >= 0.6 is 0 Å². The van der Waals surface area contributed by atoms with Crippen LogP contribution in [0.1, 0.15) is 48.4 Å². The Morgan fingerprint density at radius 1 is 1.29 bits per heavy atom. The van der Waals surface area contributed by atoms with Crippen molar-refractivity contribution in [2.75, 3.05) is 6.61 Å². The molecule has 136 valence electrons. The Hall–Kier alpha value is -1.67. The minimum atomic E-state index is -4.34. The molecule has 24 heavy (non-hydrogen) atoms. The van der Waals surface area contributed by atoms with E-state index in [0.29, 0.717) is 13.3 Å². The highest BCUT2D eigenvalue weighted by Crippen LogP contribution is 2.46. The highest BCUT2D eigenvalue weighted by Gasteiger charge is 2.50. The Bertz CT molecular complexity index is 619. The van der Waals surface area contributed by atoms with Gasteiger partial charge in [0.25, 0.3) is 5.92 Å². The summed E-state index contributed by atoms with van der Waals surface area (Å²) in [5.74, 6) is -6.45. The molecule has 0 aliphatic heterocycles. The highest BCUT2D eigenvalue weighted by atomic mass is 19.4. The number of carbonyl (C=O) groups is 1. The molecule has 1 aromatic rings. The third-order valence-corrected chi connectivity index (χ3v) is 4.32. The van der Waals surface area contributed by atoms with Gasteiger partial charge in [0, 0.05) is 19.0 Å². The van der Waals surface area contributed by atoms with E-state index in [-0.39, 0.29) is 30.8 Å². The molecule has 1 aliphatic rings. The van der Waals surface area contributed by atoms with Crippen molar-refractivity contribution >= 4 is 5.97 Å². The predicted octanol–water partition coefficient (Wildman–Crippen LogP) is 4.07. The van der Waals surface area contributed by atoms with Gasteiger partial charge in [-0.25, -0.2) is 4.79 Å². The van der Waals surface area contributed by atoms with Gasteiger partial charge in [-0.2, -0.15) is 27.1 Å². The zero-order valence-electron chi connectivity index (χ0n) is 13.6. The summed E-state index contributed by atoms with van der Waals surface area (Å²) in [6.45, 7) is 3.26. The molecule has 1 aliphatic carbocycles. The molecule has 4 nitrogen and oxygen atoms in total. The predicted molar refractivity (Wildman–Crippen MR) is 74.8 cm³/mol. The lowest BCUT2D eigenvalue weighted by Crippen LogP contribution is -2.40. The number of hydrogen-bond donors (Lipinski definition) is 0. The van der Waals surface area contributed by atoms with E-state index in [0.717, 1.165) is 4.68 Å². The maximum absolute atomic E-state index is 13.6. The number of alkyl halides is 5. The molecule has 2 atom stereocenters. The third kappa shape index (κ3) is 3.54. The topological polar surface area (TPSA) is 44.1 Å². The smallest absolute Gasteiger partial charge is 0.392 e. The maximum atomic E-state index is 13.6. The molecule has 9 heteroatoms. The average molecular weight is 354 g/mol. The van der Waals surface area contributed by atoms with Crippen molar-refractivity contribution in [3.63, 3.8) is 0 Å². The molecular weight excluding hydrogens is 335 g/mol. The first-order chi connectivity index (χ1) is 11.0. The van der Waals surface area contributed by atoms with Crippen LogP contribution < -0.4 is 0 Å². The van der Waals surface area contributed by atoms with Crippen molar-refractivity contribution in [1.29, 1.82) is 0 Å². The first kappa shape index (κ1) is 18.7. The number of aromatic nitrogens is 2. The Labute approximate surface area is 136 Å². The summed E-state index contributed by atoms with van der Waals surface area (Å²) in [5, 5.41) is 3.72. The van der Waals surface area contributed by atoms with Crippen LogP contribution in [0.25, 0.3) is 0 Å². The normalized spacial score (nSPS) is 21.5. The lowest BCUT2D eigenvalue weighted by Gasteiger charge is -2.37. The van der Waals surface area contributed by atoms with E-state index in [2.05, 4.69) is 5.10 Å². The quantitative estimate of drug-likeness (QED) is 0.591. The first-order valence-electron chi connectivity index (χ1n) is 7.66. The van der Waals surface area contributed by atoms with Crippen molar-refractivity contribution < 1.29 is 31.5 Å². The van der Waals surface area contributed by atoms with Crippen molar-refractivity contribution in [2.45, 2.75) is 52.3 Å². The van der Waals surface area contributed by atoms with E-state index in [1.807, 2.05) is 0 Å². The zero-order chi connectivity index (χ0) is 18.3. The number of carbonyl (C=O) groups excluding carboxylic acids is 1. The third-order valence-electron chi connectivity index (χ3n) is 4.32. The molecule has 0 amide bonds. The summed E-state index contributed by atoms with van der Waals surface area (Å²) in [6.07, 6.45) is -4.03. The van der Waals surface area contributed by atoms with Gasteiger partial charge < -0.3 is 4.74 Å². The average Bonchev–Trinajstić information content (AvgIpc) is 2.69. The lowest BCUT2D eigenvalue weighted by atomic mass is 9.73. The summed E-state index contributed by atoms with van der Waals surface area (Å²) < 4.78 is 71.7. The Morgan fingerprint density at radius 3 is 2.33 bits per heavy atom. The fraction of sp³-hybridized carbons (Fsp3) is 0.733. The van der Waals surface area contributed by atoms with E-state index in [4.69, 9.17) is 4.74 Å². The van der Waals surface area contributed by atoms with E-state index < -0.39 is 35.6 Å². The lowest BCUT2D eigenvalue weighted by molar-refractivity contribution is -0.214. The molecule has 0 bridgehead atoms. The molecule has 0 saturated heterocycles. The summed E-state index contributed by atoms with van der Waals surface area (Å²) in [4.78, 5) is 12.0. The number of rotatable bonds is 5. The van der Waals surface area contributed by atoms with Gasteiger partial charge in [0.2, 0.25) is 0 Å². The van der Waals surface area contributed by atoms with Crippen LogP contribution in [0.4, 0.5) is 22.0 Å². The Balaban J connectivity index is 2.36. The van der Waals surface area contributed by atoms with Crippen LogP contribution in [-0.2, 0) is 17.2 Å². The van der Waals surface area contributed by atoms with Gasteiger partial charge in [-0.1, -0.05) is 0 Å². The van der Waals surface area contributed by atoms with Gasteiger partial charge in [0.15, 0.2) is 0 Å². The first-order valence-corrected chi connectivity index (χ1v) is 7.66. The van der Waals surface area contributed by atoms with Crippen LogP contribution in [0, 0.1) is 18.8 Å². The van der Waals surface area contributed by atoms with Gasteiger partial charge in [-0.3, -0.25) is 4.68 Å². The van der Waals surface area contributed by atoms with E-state index >= 15 is 0 Å². The highest BCUT2D eigenvalue weighted by molar-refractivity contribution is 5.89. The number of nitrogens with zero attached hydrogens (tertiary/aromatic N) is 2. The molecule has 2 unspecified atom stereocenters. The second kappa shape index (κ2) is 6.33. The number of hydrogen-bond acceptors (Lipinski definition) is 3. The van der Waals surface area contributed by atoms with Crippen LogP contribution in [0.3, 0.4) is 0 Å². The van der Waals surface area contributed by atoms with Crippen molar-refractivity contribution in [3.8, 4) is 0 Å². The van der Waals surface area contributed by atoms with E-state index in [1.165, 1.54) is 6.92 Å². The molecule has 0 radical (unpaired) electrons. The summed E-state index contributed by atoms with van der Waals surface area (Å²) in [7, 11) is 0. The maximum Gasteiger partial charge on any atom is 0.392 e. The number of ether oxygens (including phenoxy) is 1. The standard InChI is InChI=1S/C15H19F5N2O2/c1-4-24-13(23)11-8(2)12(14(3,16)17)21-22(11)7-9-5-6-10(9)15(18,19)20/h9-10H,4-7H2,1-3H3. The summed E-state index contributed by atoms with van der Waals surface area (Å²) >= 11 is 0. The summed E-state index contributed by atoms with van der Waals surface area (Å²) in [6, 6.07) is 0. The summed E-state index contributed by atoms with van der Waals surface area (Å²) in [5.41, 5.74) is -0.890. The Kier molecular flexibility index (Phi) is 4.92. The Morgan fingerprint density at radius 2 is 1.92 bits per heavy atom. The minimum Gasteiger partial charge on any atom is -0.461 e. The van der Waals surface area contributed by atoms with Crippen LogP contribution in [0.2, 0.25) is 0 Å². The number of esters is 1. The second-order valence-electron chi connectivity index (χ2n) is 6.10. The zero-order valence-corrected chi connectivity index (χ0v) is 13.6. The molecule has 1 saturated carbocycles. The number of halogens is 5.